The Morgan fingerprint density at radius 2 is 1.38 bits per heavy atom. The van der Waals surface area contributed by atoms with Crippen LogP contribution in [0, 0.1) is 12.8 Å². The number of hydrogen-bond donors (Lipinski definition) is 2. The van der Waals surface area contributed by atoms with Gasteiger partial charge in [0.05, 0.1) is 11.0 Å². The van der Waals surface area contributed by atoms with Gasteiger partial charge in [-0.25, -0.2) is 13.1 Å². The number of carbonyl (C=O) groups excluding carboxylic acids is 1. The Morgan fingerprint density at radius 1 is 0.865 bits per heavy atom. The van der Waals surface area contributed by atoms with Gasteiger partial charge in [0.25, 0.3) is 15.9 Å². The number of carbonyl (C=O) groups is 1. The van der Waals surface area contributed by atoms with Crippen LogP contribution in [0.4, 0.5) is 0 Å². The Hall–Kier alpha value is -2.26. The molecule has 0 radical (unpaired) electrons. The summed E-state index contributed by atoms with van der Waals surface area (Å²) in [5, 5.41) is 10.8. The molecular formula is C29H43NO5SSi. The number of nitrogens with one attached hydrogen (secondary N) is 1. The van der Waals surface area contributed by atoms with Crippen LogP contribution < -0.4 is 4.72 Å². The molecule has 0 bridgehead atoms. The molecule has 0 aliphatic rings. The van der Waals surface area contributed by atoms with Crippen LogP contribution in [0.1, 0.15) is 65.7 Å². The second-order valence-corrected chi connectivity index (χ2v) is 17.8. The Bertz CT molecular complexity index is 1120. The summed E-state index contributed by atoms with van der Waals surface area (Å²) in [6.45, 7) is 16.4. The molecule has 0 saturated heterocycles. The van der Waals surface area contributed by atoms with Crippen molar-refractivity contribution >= 4 is 24.2 Å². The summed E-state index contributed by atoms with van der Waals surface area (Å²) < 4.78 is 35.0. The van der Waals surface area contributed by atoms with E-state index in [2.05, 4.69) is 46.3 Å². The molecule has 0 heterocycles. The summed E-state index contributed by atoms with van der Waals surface area (Å²) in [6.07, 6.45) is 1.44. The molecule has 0 aromatic heterocycles. The number of aryl methyl sites for hydroxylation is 1. The van der Waals surface area contributed by atoms with Gasteiger partial charge < -0.3 is 9.53 Å². The van der Waals surface area contributed by atoms with E-state index >= 15 is 0 Å². The number of sulfonamides is 1. The predicted octanol–water partition coefficient (Wildman–Crippen LogP) is 6.29. The summed E-state index contributed by atoms with van der Waals surface area (Å²) in [5.41, 5.74) is 2.26. The molecular weight excluding hydrogens is 502 g/mol. The van der Waals surface area contributed by atoms with Gasteiger partial charge in [0, 0.05) is 5.92 Å². The van der Waals surface area contributed by atoms with Crippen LogP contribution in [0.2, 0.25) is 16.6 Å². The molecule has 0 unspecified atom stereocenters. The first-order valence-electron chi connectivity index (χ1n) is 12.9. The fourth-order valence-electron chi connectivity index (χ4n) is 5.11. The van der Waals surface area contributed by atoms with E-state index in [0.29, 0.717) is 0 Å². The number of hydrogen-bond acceptors (Lipinski definition) is 5. The molecule has 2 aromatic carbocycles. The fourth-order valence-corrected chi connectivity index (χ4v) is 11.5. The minimum Gasteiger partial charge on any atom is -0.401 e. The largest absolute Gasteiger partial charge is 0.401 e. The van der Waals surface area contributed by atoms with Gasteiger partial charge in [-0.05, 0) is 41.2 Å². The molecule has 0 spiro atoms. The Kier molecular flexibility index (Phi) is 10.9. The second kappa shape index (κ2) is 13.0. The molecule has 204 valence electrons. The molecule has 2 rings (SSSR count). The van der Waals surface area contributed by atoms with E-state index in [4.69, 9.17) is 4.43 Å². The monoisotopic (exact) mass is 545 g/mol. The molecule has 8 heteroatoms. The average Bonchev–Trinajstić information content (AvgIpc) is 2.83. The number of aliphatic hydroxyl groups excluding tert-OH is 1. The molecule has 2 aromatic rings. The van der Waals surface area contributed by atoms with Gasteiger partial charge in [0.15, 0.2) is 0 Å². The van der Waals surface area contributed by atoms with Crippen molar-refractivity contribution in [2.45, 2.75) is 89.1 Å². The number of amides is 1. The van der Waals surface area contributed by atoms with Crippen molar-refractivity contribution in [3.8, 4) is 0 Å². The van der Waals surface area contributed by atoms with Crippen LogP contribution in [0.5, 0.6) is 0 Å². The minimum atomic E-state index is -4.08. The van der Waals surface area contributed by atoms with Crippen LogP contribution in [0.15, 0.2) is 71.6 Å². The van der Waals surface area contributed by atoms with Gasteiger partial charge in [-0.1, -0.05) is 109 Å². The maximum Gasteiger partial charge on any atom is 0.265 e. The molecule has 37 heavy (non-hydrogen) atoms. The van der Waals surface area contributed by atoms with Gasteiger partial charge in [-0.2, -0.15) is 0 Å². The lowest BCUT2D eigenvalue weighted by Gasteiger charge is -2.43. The quantitative estimate of drug-likeness (QED) is 0.242. The predicted molar refractivity (Wildman–Crippen MR) is 152 cm³/mol. The van der Waals surface area contributed by atoms with E-state index in [1.807, 2.05) is 44.2 Å². The summed E-state index contributed by atoms with van der Waals surface area (Å²) >= 11 is 0. The second-order valence-electron chi connectivity index (χ2n) is 10.7. The maximum atomic E-state index is 13.5. The highest BCUT2D eigenvalue weighted by Gasteiger charge is 2.47. The van der Waals surface area contributed by atoms with Gasteiger partial charge in [0.1, 0.15) is 6.10 Å². The molecule has 1 amide bonds. The SMILES string of the molecule is Cc1ccc(S(=O)(=O)NC(=O)[C@@H](/C=C/[C@H](C)[C@H](O)c2ccccc2)O[Si](C(C)C)(C(C)C)C(C)C)cc1. The highest BCUT2D eigenvalue weighted by Crippen LogP contribution is 2.43. The van der Waals surface area contributed by atoms with E-state index in [0.717, 1.165) is 11.1 Å². The molecule has 3 atom stereocenters. The molecule has 6 nitrogen and oxygen atoms in total. The zero-order valence-electron chi connectivity index (χ0n) is 23.3. The van der Waals surface area contributed by atoms with E-state index in [9.17, 15) is 18.3 Å². The van der Waals surface area contributed by atoms with E-state index in [1.165, 1.54) is 12.1 Å². The van der Waals surface area contributed by atoms with E-state index in [1.54, 1.807) is 24.3 Å². The Labute approximate surface area is 224 Å². The zero-order valence-corrected chi connectivity index (χ0v) is 25.1. The normalized spacial score (nSPS) is 15.4. The third-order valence-electron chi connectivity index (χ3n) is 7.09. The Balaban J connectivity index is 2.43. The van der Waals surface area contributed by atoms with Crippen molar-refractivity contribution in [3.05, 3.63) is 77.9 Å². The van der Waals surface area contributed by atoms with E-state index < -0.39 is 36.5 Å². The van der Waals surface area contributed by atoms with Crippen LogP contribution in [-0.4, -0.2) is 33.9 Å². The lowest BCUT2D eigenvalue weighted by molar-refractivity contribution is -0.124. The number of rotatable bonds is 12. The summed E-state index contributed by atoms with van der Waals surface area (Å²) in [7, 11) is -6.63. The van der Waals surface area contributed by atoms with Gasteiger partial charge in [-0.3, -0.25) is 4.79 Å². The smallest absolute Gasteiger partial charge is 0.265 e. The topological polar surface area (TPSA) is 92.7 Å². The van der Waals surface area contributed by atoms with Gasteiger partial charge >= 0.3 is 0 Å². The molecule has 0 aliphatic carbocycles. The number of benzene rings is 2. The third-order valence-corrected chi connectivity index (χ3v) is 14.5. The standard InChI is InChI=1S/C29H43NO5SSi/c1-20(2)37(21(3)4,22(5)6)35-27(19-16-24(8)28(31)25-12-10-9-11-13-25)29(32)30-36(33,34)26-17-14-23(7)15-18-26/h9-22,24,27-28,31H,1-8H3,(H,30,32)/b19-16+/t24-,27+,28-/m0/s1. The Morgan fingerprint density at radius 3 is 1.86 bits per heavy atom. The third kappa shape index (κ3) is 7.63. The number of aliphatic hydroxyl groups is 1. The maximum absolute atomic E-state index is 13.5. The van der Waals surface area contributed by atoms with Gasteiger partial charge in [0.2, 0.25) is 8.32 Å². The highest BCUT2D eigenvalue weighted by molar-refractivity contribution is 7.90. The van der Waals surface area contributed by atoms with Crippen molar-refractivity contribution in [2.24, 2.45) is 5.92 Å². The van der Waals surface area contributed by atoms with Crippen molar-refractivity contribution in [1.82, 2.24) is 4.72 Å². The van der Waals surface area contributed by atoms with E-state index in [-0.39, 0.29) is 27.4 Å². The average molecular weight is 546 g/mol. The van der Waals surface area contributed by atoms with Crippen LogP contribution >= 0.6 is 0 Å². The fraction of sp³-hybridized carbons (Fsp3) is 0.483. The molecule has 2 N–H and O–H groups in total. The van der Waals surface area contributed by atoms with Crippen LogP contribution in [0.3, 0.4) is 0 Å². The minimum absolute atomic E-state index is 0.0159. The molecule has 0 fully saturated rings. The van der Waals surface area contributed by atoms with Crippen molar-refractivity contribution in [3.63, 3.8) is 0 Å². The molecule has 0 aliphatic heterocycles. The highest BCUT2D eigenvalue weighted by atomic mass is 32.2. The van der Waals surface area contributed by atoms with Crippen molar-refractivity contribution in [2.75, 3.05) is 0 Å². The lowest BCUT2D eigenvalue weighted by atomic mass is 9.96. The first-order valence-corrected chi connectivity index (χ1v) is 16.6. The summed E-state index contributed by atoms with van der Waals surface area (Å²) in [6, 6.07) is 15.6. The lowest BCUT2D eigenvalue weighted by Crippen LogP contribution is -2.53. The van der Waals surface area contributed by atoms with Crippen molar-refractivity contribution in [1.29, 1.82) is 0 Å². The molecule has 0 saturated carbocycles. The van der Waals surface area contributed by atoms with Crippen molar-refractivity contribution < 1.29 is 22.7 Å². The van der Waals surface area contributed by atoms with Gasteiger partial charge in [-0.15, -0.1) is 0 Å². The van der Waals surface area contributed by atoms with Crippen LogP contribution in [-0.2, 0) is 19.2 Å². The summed E-state index contributed by atoms with van der Waals surface area (Å²) in [4.78, 5) is 13.5. The first-order chi connectivity index (χ1) is 17.2. The first kappa shape index (κ1) is 31.0. The van der Waals surface area contributed by atoms with Crippen LogP contribution in [0.25, 0.3) is 0 Å². The summed E-state index contributed by atoms with van der Waals surface area (Å²) in [5.74, 6) is -1.07. The zero-order chi connectivity index (χ0) is 28.0.